The Bertz CT molecular complexity index is 1100. The van der Waals surface area contributed by atoms with Crippen molar-refractivity contribution in [1.29, 1.82) is 0 Å². The molecule has 0 aliphatic heterocycles. The topological polar surface area (TPSA) is 73.2 Å². The van der Waals surface area contributed by atoms with Crippen LogP contribution in [-0.4, -0.2) is 28.2 Å². The van der Waals surface area contributed by atoms with E-state index in [1.807, 2.05) is 49.5 Å². The summed E-state index contributed by atoms with van der Waals surface area (Å²) in [5, 5.41) is 7.44. The number of amides is 1. The van der Waals surface area contributed by atoms with Gasteiger partial charge in [-0.25, -0.2) is 4.68 Å². The van der Waals surface area contributed by atoms with Crippen LogP contribution in [0.15, 0.2) is 54.7 Å². The van der Waals surface area contributed by atoms with Crippen LogP contribution in [0, 0.1) is 25.7 Å². The van der Waals surface area contributed by atoms with Gasteiger partial charge in [0.2, 0.25) is 5.91 Å². The normalized spacial score (nSPS) is 17.3. The maximum absolute atomic E-state index is 12.2. The van der Waals surface area contributed by atoms with Crippen molar-refractivity contribution in [1.82, 2.24) is 15.1 Å². The fourth-order valence-electron chi connectivity index (χ4n) is 3.55. The van der Waals surface area contributed by atoms with Crippen LogP contribution in [0.25, 0.3) is 16.9 Å². The zero-order valence-corrected chi connectivity index (χ0v) is 18.1. The van der Waals surface area contributed by atoms with Gasteiger partial charge in [0.05, 0.1) is 11.4 Å². The van der Waals surface area contributed by atoms with Crippen LogP contribution in [-0.2, 0) is 20.9 Å². The number of carbonyl (C=O) groups is 2. The van der Waals surface area contributed by atoms with Gasteiger partial charge in [-0.3, -0.25) is 9.59 Å². The number of nitrogens with one attached hydrogen (secondary N) is 1. The monoisotopic (exact) mass is 417 g/mol. The summed E-state index contributed by atoms with van der Waals surface area (Å²) >= 11 is 0. The number of rotatable bonds is 7. The molecule has 0 bridgehead atoms. The second kappa shape index (κ2) is 8.76. The number of nitrogens with zero attached hydrogens (tertiary/aromatic N) is 2. The van der Waals surface area contributed by atoms with Crippen LogP contribution in [0.5, 0.6) is 0 Å². The lowest BCUT2D eigenvalue weighted by atomic mass is 10.0. The number of carbonyl (C=O) groups excluding carboxylic acids is 2. The van der Waals surface area contributed by atoms with Gasteiger partial charge in [0.1, 0.15) is 13.2 Å². The van der Waals surface area contributed by atoms with E-state index < -0.39 is 5.97 Å². The lowest BCUT2D eigenvalue weighted by Gasteiger charge is -2.08. The summed E-state index contributed by atoms with van der Waals surface area (Å²) in [6.45, 7) is 6.13. The first-order valence-electron chi connectivity index (χ1n) is 10.6. The molecule has 1 heterocycles. The summed E-state index contributed by atoms with van der Waals surface area (Å²) in [5.74, 6) is -0.0917. The van der Waals surface area contributed by atoms with Crippen molar-refractivity contribution in [3.05, 3.63) is 71.4 Å². The van der Waals surface area contributed by atoms with Gasteiger partial charge in [-0.1, -0.05) is 37.3 Å². The molecule has 2 aromatic carbocycles. The van der Waals surface area contributed by atoms with Gasteiger partial charge in [-0.05, 0) is 55.5 Å². The fourth-order valence-corrected chi connectivity index (χ4v) is 3.55. The Labute approximate surface area is 182 Å². The number of benzene rings is 2. The van der Waals surface area contributed by atoms with Gasteiger partial charge >= 0.3 is 5.97 Å². The lowest BCUT2D eigenvalue weighted by molar-refractivity contribution is -0.145. The summed E-state index contributed by atoms with van der Waals surface area (Å²) in [4.78, 5) is 24.1. The van der Waals surface area contributed by atoms with Crippen LogP contribution in [0.3, 0.4) is 0 Å². The van der Waals surface area contributed by atoms with Gasteiger partial charge in [0.15, 0.2) is 0 Å². The van der Waals surface area contributed by atoms with E-state index in [1.54, 1.807) is 4.68 Å². The third-order valence-corrected chi connectivity index (χ3v) is 5.83. The molecule has 6 nitrogen and oxygen atoms in total. The van der Waals surface area contributed by atoms with Gasteiger partial charge in [-0.2, -0.15) is 5.10 Å². The van der Waals surface area contributed by atoms with Crippen LogP contribution < -0.4 is 5.32 Å². The predicted molar refractivity (Wildman–Crippen MR) is 119 cm³/mol. The number of para-hydroxylation sites is 1. The molecule has 1 aromatic heterocycles. The van der Waals surface area contributed by atoms with Crippen molar-refractivity contribution in [2.24, 2.45) is 11.8 Å². The third-order valence-electron chi connectivity index (χ3n) is 5.83. The number of ether oxygens (including phenoxy) is 1. The van der Waals surface area contributed by atoms with E-state index in [0.717, 1.165) is 28.9 Å². The van der Waals surface area contributed by atoms with E-state index in [1.165, 1.54) is 11.1 Å². The highest BCUT2D eigenvalue weighted by atomic mass is 16.5. The molecule has 1 aliphatic carbocycles. The van der Waals surface area contributed by atoms with Crippen LogP contribution in [0.4, 0.5) is 0 Å². The minimum Gasteiger partial charge on any atom is -0.459 e. The summed E-state index contributed by atoms with van der Waals surface area (Å²) in [7, 11) is 0. The molecule has 0 saturated heterocycles. The first-order chi connectivity index (χ1) is 14.9. The molecule has 1 saturated carbocycles. The van der Waals surface area contributed by atoms with E-state index in [0.29, 0.717) is 5.92 Å². The molecule has 1 amide bonds. The van der Waals surface area contributed by atoms with Crippen LogP contribution >= 0.6 is 0 Å². The maximum Gasteiger partial charge on any atom is 0.325 e. The van der Waals surface area contributed by atoms with Gasteiger partial charge in [0.25, 0.3) is 0 Å². The number of aromatic nitrogens is 2. The minimum absolute atomic E-state index is 0.0354. The summed E-state index contributed by atoms with van der Waals surface area (Å²) in [5.41, 5.74) is 5.86. The number of hydrogen-bond acceptors (Lipinski definition) is 4. The Morgan fingerprint density at radius 2 is 1.87 bits per heavy atom. The van der Waals surface area contributed by atoms with Crippen molar-refractivity contribution < 1.29 is 14.3 Å². The molecule has 2 atom stereocenters. The zero-order valence-electron chi connectivity index (χ0n) is 18.1. The molecule has 160 valence electrons. The van der Waals surface area contributed by atoms with Gasteiger partial charge in [-0.15, -0.1) is 0 Å². The van der Waals surface area contributed by atoms with Crippen LogP contribution in [0.1, 0.15) is 30.0 Å². The third kappa shape index (κ3) is 4.85. The average molecular weight is 418 g/mol. The molecule has 3 aromatic rings. The van der Waals surface area contributed by atoms with E-state index in [2.05, 4.69) is 31.3 Å². The average Bonchev–Trinajstić information content (AvgIpc) is 3.35. The quantitative estimate of drug-likeness (QED) is 0.591. The summed E-state index contributed by atoms with van der Waals surface area (Å²) < 4.78 is 7.26. The van der Waals surface area contributed by atoms with E-state index in [4.69, 9.17) is 9.84 Å². The highest BCUT2D eigenvalue weighted by Crippen LogP contribution is 2.37. The first kappa shape index (κ1) is 20.8. The second-order valence-corrected chi connectivity index (χ2v) is 8.28. The molecule has 6 heteroatoms. The Balaban J connectivity index is 1.51. The molecule has 31 heavy (non-hydrogen) atoms. The molecule has 1 fully saturated rings. The first-order valence-corrected chi connectivity index (χ1v) is 10.6. The smallest absolute Gasteiger partial charge is 0.325 e. The van der Waals surface area contributed by atoms with Gasteiger partial charge in [0, 0.05) is 23.2 Å². The van der Waals surface area contributed by atoms with Gasteiger partial charge < -0.3 is 10.1 Å². The van der Waals surface area contributed by atoms with Crippen molar-refractivity contribution in [2.45, 2.75) is 33.8 Å². The molecule has 0 radical (unpaired) electrons. The molecule has 4 rings (SSSR count). The molecular formula is C25H27N3O3. The number of esters is 1. The highest BCUT2D eigenvalue weighted by molar-refractivity contribution is 5.85. The molecule has 2 unspecified atom stereocenters. The Morgan fingerprint density at radius 3 is 2.55 bits per heavy atom. The molecular weight excluding hydrogens is 390 g/mol. The summed E-state index contributed by atoms with van der Waals surface area (Å²) in [6, 6.07) is 16.0. The Morgan fingerprint density at radius 1 is 1.13 bits per heavy atom. The van der Waals surface area contributed by atoms with E-state index in [-0.39, 0.29) is 25.0 Å². The standard InChI is InChI=1S/C25H27N3O3/c1-16-9-10-19(11-17(16)2)24-20(14-28(27-24)21-7-5-4-6-8-21)15-31-23(29)13-26-25(30)22-12-18(22)3/h4-11,14,18,22H,12-13,15H2,1-3H3,(H,26,30). The number of aryl methyl sites for hydroxylation is 2. The molecule has 1 N–H and O–H groups in total. The second-order valence-electron chi connectivity index (χ2n) is 8.28. The minimum atomic E-state index is -0.458. The molecule has 0 spiro atoms. The number of hydrogen-bond donors (Lipinski definition) is 1. The predicted octanol–water partition coefficient (Wildman–Crippen LogP) is 3.97. The van der Waals surface area contributed by atoms with Crippen molar-refractivity contribution in [3.8, 4) is 16.9 Å². The Kier molecular flexibility index (Phi) is 5.89. The highest BCUT2D eigenvalue weighted by Gasteiger charge is 2.39. The van der Waals surface area contributed by atoms with Crippen molar-refractivity contribution in [3.63, 3.8) is 0 Å². The van der Waals surface area contributed by atoms with E-state index >= 15 is 0 Å². The zero-order chi connectivity index (χ0) is 22.0. The Hall–Kier alpha value is -3.41. The van der Waals surface area contributed by atoms with Crippen molar-refractivity contribution in [2.75, 3.05) is 6.54 Å². The molecule has 1 aliphatic rings. The fraction of sp³-hybridized carbons (Fsp3) is 0.320. The van der Waals surface area contributed by atoms with E-state index in [9.17, 15) is 9.59 Å². The van der Waals surface area contributed by atoms with Crippen LogP contribution in [0.2, 0.25) is 0 Å². The summed E-state index contributed by atoms with van der Waals surface area (Å²) in [6.07, 6.45) is 2.77. The lowest BCUT2D eigenvalue weighted by Crippen LogP contribution is -2.32. The largest absolute Gasteiger partial charge is 0.459 e. The van der Waals surface area contributed by atoms with Crippen molar-refractivity contribution >= 4 is 11.9 Å². The SMILES string of the molecule is Cc1ccc(-c2nn(-c3ccccc3)cc2COC(=O)CNC(=O)C2CC2C)cc1C. The maximum atomic E-state index is 12.2.